The average molecular weight is 346 g/mol. The smallest absolute Gasteiger partial charge is 0.326 e. The fourth-order valence-electron chi connectivity index (χ4n) is 3.46. The highest BCUT2D eigenvalue weighted by atomic mass is 16.4. The van der Waals surface area contributed by atoms with Gasteiger partial charge in [0.05, 0.1) is 0 Å². The van der Waals surface area contributed by atoms with Gasteiger partial charge in [0.15, 0.2) is 5.78 Å². The molecule has 1 fully saturated rings. The molecule has 1 saturated carbocycles. The molecular formula is C18H22N2O5. The molecule has 7 nitrogen and oxygen atoms in total. The van der Waals surface area contributed by atoms with Crippen molar-refractivity contribution >= 4 is 17.7 Å². The summed E-state index contributed by atoms with van der Waals surface area (Å²) in [5.74, 6) is -1.85. The number of carbonyl (C=O) groups is 3. The predicted octanol–water partition coefficient (Wildman–Crippen LogP) is 1.61. The zero-order chi connectivity index (χ0) is 18.5. The zero-order valence-electron chi connectivity index (χ0n) is 14.6. The number of aliphatic carboxylic acids is 1. The first-order chi connectivity index (χ1) is 11.6. The van der Waals surface area contributed by atoms with Crippen molar-refractivity contribution in [1.82, 2.24) is 9.88 Å². The summed E-state index contributed by atoms with van der Waals surface area (Å²) in [5, 5.41) is 9.25. The van der Waals surface area contributed by atoms with Gasteiger partial charge in [-0.25, -0.2) is 4.79 Å². The van der Waals surface area contributed by atoms with E-state index in [2.05, 4.69) is 4.98 Å². The lowest BCUT2D eigenvalue weighted by atomic mass is 9.75. The van der Waals surface area contributed by atoms with Crippen LogP contribution >= 0.6 is 0 Å². The first kappa shape index (κ1) is 17.4. The van der Waals surface area contributed by atoms with Crippen molar-refractivity contribution in [2.75, 3.05) is 0 Å². The van der Waals surface area contributed by atoms with Gasteiger partial charge in [-0.3, -0.25) is 14.4 Å². The number of pyridine rings is 1. The van der Waals surface area contributed by atoms with Crippen LogP contribution in [0.15, 0.2) is 10.9 Å². The highest BCUT2D eigenvalue weighted by Crippen LogP contribution is 2.34. The van der Waals surface area contributed by atoms with Gasteiger partial charge in [0, 0.05) is 23.7 Å². The Hall–Kier alpha value is -2.44. The average Bonchev–Trinajstić information content (AvgIpc) is 3.29. The van der Waals surface area contributed by atoms with Gasteiger partial charge in [-0.2, -0.15) is 0 Å². The molecule has 0 spiro atoms. The number of H-pyrrole nitrogens is 1. The van der Waals surface area contributed by atoms with E-state index < -0.39 is 23.5 Å². The van der Waals surface area contributed by atoms with E-state index in [0.717, 1.165) is 12.8 Å². The number of amides is 1. The summed E-state index contributed by atoms with van der Waals surface area (Å²) < 4.78 is 0. The number of hydrogen-bond donors (Lipinski definition) is 2. The second-order valence-corrected chi connectivity index (χ2v) is 7.80. The quantitative estimate of drug-likeness (QED) is 0.861. The minimum atomic E-state index is -1.12. The second kappa shape index (κ2) is 5.82. The summed E-state index contributed by atoms with van der Waals surface area (Å²) >= 11 is 0. The number of nitrogens with one attached hydrogen (secondary N) is 1. The minimum absolute atomic E-state index is 0.110. The van der Waals surface area contributed by atoms with Gasteiger partial charge in [-0.05, 0) is 37.7 Å². The number of aromatic amines is 1. The maximum Gasteiger partial charge on any atom is 0.326 e. The summed E-state index contributed by atoms with van der Waals surface area (Å²) in [7, 11) is 0. The number of carbonyl (C=O) groups excluding carboxylic acids is 2. The first-order valence-electron chi connectivity index (χ1n) is 8.45. The molecule has 1 amide bonds. The van der Waals surface area contributed by atoms with E-state index >= 15 is 0 Å². The molecule has 1 unspecified atom stereocenters. The van der Waals surface area contributed by atoms with Gasteiger partial charge < -0.3 is 15.0 Å². The molecule has 3 rings (SSSR count). The van der Waals surface area contributed by atoms with Gasteiger partial charge in [0.1, 0.15) is 11.6 Å². The molecule has 1 aromatic rings. The van der Waals surface area contributed by atoms with Crippen LogP contribution in [0.2, 0.25) is 0 Å². The van der Waals surface area contributed by atoms with Crippen molar-refractivity contribution in [2.24, 2.45) is 5.41 Å². The fraction of sp³-hybridized carbons (Fsp3) is 0.556. The van der Waals surface area contributed by atoms with E-state index in [1.54, 1.807) is 0 Å². The SMILES string of the molecule is CC(C(=O)O)N(C(=O)c1cc2c([nH]c1=O)CC(C)(C)CC2=O)C1CC1. The van der Waals surface area contributed by atoms with E-state index in [-0.39, 0.29) is 22.8 Å². The summed E-state index contributed by atoms with van der Waals surface area (Å²) in [6, 6.07) is 0.159. The Morgan fingerprint density at radius 3 is 2.48 bits per heavy atom. The number of fused-ring (bicyclic) bond motifs is 1. The molecule has 0 aliphatic heterocycles. The third kappa shape index (κ3) is 3.23. The van der Waals surface area contributed by atoms with E-state index in [0.29, 0.717) is 24.1 Å². The summed E-state index contributed by atoms with van der Waals surface area (Å²) in [4.78, 5) is 52.9. The molecule has 2 aliphatic carbocycles. The second-order valence-electron chi connectivity index (χ2n) is 7.80. The molecule has 0 aromatic carbocycles. The van der Waals surface area contributed by atoms with Crippen LogP contribution < -0.4 is 5.56 Å². The van der Waals surface area contributed by atoms with Crippen molar-refractivity contribution in [3.8, 4) is 0 Å². The molecule has 0 saturated heterocycles. The van der Waals surface area contributed by atoms with Gasteiger partial charge in [-0.1, -0.05) is 13.8 Å². The minimum Gasteiger partial charge on any atom is -0.480 e. The monoisotopic (exact) mass is 346 g/mol. The highest BCUT2D eigenvalue weighted by molar-refractivity contribution is 6.02. The Bertz CT molecular complexity index is 819. The van der Waals surface area contributed by atoms with Crippen molar-refractivity contribution in [1.29, 1.82) is 0 Å². The van der Waals surface area contributed by atoms with Crippen LogP contribution in [0.3, 0.4) is 0 Å². The molecule has 1 atom stereocenters. The number of aromatic nitrogens is 1. The van der Waals surface area contributed by atoms with Gasteiger partial charge in [0.2, 0.25) is 0 Å². The van der Waals surface area contributed by atoms with Crippen LogP contribution in [0.4, 0.5) is 0 Å². The molecule has 0 bridgehead atoms. The Morgan fingerprint density at radius 1 is 1.28 bits per heavy atom. The molecule has 1 aromatic heterocycles. The van der Waals surface area contributed by atoms with Crippen LogP contribution in [0.1, 0.15) is 66.4 Å². The maximum absolute atomic E-state index is 12.8. The normalized spacial score (nSPS) is 19.9. The third-order valence-corrected chi connectivity index (χ3v) is 4.90. The summed E-state index contributed by atoms with van der Waals surface area (Å²) in [6.07, 6.45) is 2.34. The number of hydrogen-bond acceptors (Lipinski definition) is 4. The van der Waals surface area contributed by atoms with Crippen molar-refractivity contribution in [3.05, 3.63) is 33.2 Å². The Morgan fingerprint density at radius 2 is 1.92 bits per heavy atom. The number of ketones is 1. The van der Waals surface area contributed by atoms with Crippen molar-refractivity contribution in [2.45, 2.75) is 58.5 Å². The molecule has 2 aliphatic rings. The lowest BCUT2D eigenvalue weighted by Crippen LogP contribution is -2.46. The summed E-state index contributed by atoms with van der Waals surface area (Å²) in [6.45, 7) is 5.34. The van der Waals surface area contributed by atoms with E-state index in [4.69, 9.17) is 0 Å². The predicted molar refractivity (Wildman–Crippen MR) is 89.8 cm³/mol. The maximum atomic E-state index is 12.8. The highest BCUT2D eigenvalue weighted by Gasteiger charge is 2.40. The van der Waals surface area contributed by atoms with Gasteiger partial charge in [0.25, 0.3) is 11.5 Å². The zero-order valence-corrected chi connectivity index (χ0v) is 14.6. The molecule has 1 heterocycles. The van der Waals surface area contributed by atoms with Crippen LogP contribution in [0.5, 0.6) is 0 Å². The van der Waals surface area contributed by atoms with Crippen LogP contribution in [0, 0.1) is 5.41 Å². The van der Waals surface area contributed by atoms with Gasteiger partial charge in [-0.15, -0.1) is 0 Å². The largest absolute Gasteiger partial charge is 0.480 e. The Kier molecular flexibility index (Phi) is 4.05. The molecule has 7 heteroatoms. The van der Waals surface area contributed by atoms with Crippen LogP contribution in [-0.4, -0.2) is 44.7 Å². The van der Waals surface area contributed by atoms with Crippen molar-refractivity contribution in [3.63, 3.8) is 0 Å². The van der Waals surface area contributed by atoms with Crippen molar-refractivity contribution < 1.29 is 19.5 Å². The topological polar surface area (TPSA) is 108 Å². The Balaban J connectivity index is 2.02. The summed E-state index contributed by atoms with van der Waals surface area (Å²) in [5.41, 5.74) is -0.0616. The molecule has 134 valence electrons. The lowest BCUT2D eigenvalue weighted by Gasteiger charge is -2.30. The fourth-order valence-corrected chi connectivity index (χ4v) is 3.46. The lowest BCUT2D eigenvalue weighted by molar-refractivity contribution is -0.141. The van der Waals surface area contributed by atoms with Gasteiger partial charge >= 0.3 is 5.97 Å². The first-order valence-corrected chi connectivity index (χ1v) is 8.45. The number of rotatable bonds is 4. The molecular weight excluding hydrogens is 324 g/mol. The van der Waals surface area contributed by atoms with E-state index in [1.807, 2.05) is 13.8 Å². The molecule has 25 heavy (non-hydrogen) atoms. The molecule has 2 N–H and O–H groups in total. The standard InChI is InChI=1S/C18H22N2O5/c1-9(17(24)25)20(10-4-5-10)16(23)12-6-11-13(19-15(12)22)7-18(2,3)8-14(11)21/h6,9-10H,4-5,7-8H2,1-3H3,(H,19,22)(H,24,25). The Labute approximate surface area is 145 Å². The number of nitrogens with zero attached hydrogens (tertiary/aromatic N) is 1. The van der Waals surface area contributed by atoms with E-state index in [9.17, 15) is 24.3 Å². The van der Waals surface area contributed by atoms with Crippen LogP contribution in [0.25, 0.3) is 0 Å². The molecule has 0 radical (unpaired) electrons. The number of carboxylic acid groups (broad SMARTS) is 1. The van der Waals surface area contributed by atoms with E-state index in [1.165, 1.54) is 17.9 Å². The number of Topliss-reactive ketones (excluding diaryl/α,β-unsaturated/α-hetero) is 1. The third-order valence-electron chi connectivity index (χ3n) is 4.90. The number of carboxylic acids is 1. The van der Waals surface area contributed by atoms with Crippen LogP contribution in [-0.2, 0) is 11.2 Å².